The van der Waals surface area contributed by atoms with Gasteiger partial charge in [0.25, 0.3) is 5.91 Å². The van der Waals surface area contributed by atoms with Crippen molar-refractivity contribution in [2.45, 2.75) is 20.4 Å². The van der Waals surface area contributed by atoms with Crippen molar-refractivity contribution < 1.29 is 19.1 Å². The van der Waals surface area contributed by atoms with Gasteiger partial charge in [-0.25, -0.2) is 4.68 Å². The number of ether oxygens (including phenoxy) is 2. The van der Waals surface area contributed by atoms with E-state index < -0.39 is 0 Å². The molecule has 5 rings (SSSR count). The highest BCUT2D eigenvalue weighted by atomic mass is 16.7. The smallest absolute Gasteiger partial charge is 0.251 e. The zero-order chi connectivity index (χ0) is 24.4. The van der Waals surface area contributed by atoms with Gasteiger partial charge in [-0.1, -0.05) is 36.4 Å². The van der Waals surface area contributed by atoms with Gasteiger partial charge >= 0.3 is 0 Å². The van der Waals surface area contributed by atoms with Crippen molar-refractivity contribution >= 4 is 17.6 Å². The number of carbonyl (C=O) groups is 2. The van der Waals surface area contributed by atoms with Gasteiger partial charge in [0.2, 0.25) is 12.7 Å². The number of anilines is 1. The molecule has 2 amide bonds. The van der Waals surface area contributed by atoms with E-state index in [2.05, 4.69) is 15.7 Å². The molecular weight excluding hydrogens is 444 g/mol. The van der Waals surface area contributed by atoms with Gasteiger partial charge in [-0.3, -0.25) is 9.59 Å². The lowest BCUT2D eigenvalue weighted by atomic mass is 10.1. The van der Waals surface area contributed by atoms with E-state index in [4.69, 9.17) is 9.47 Å². The summed E-state index contributed by atoms with van der Waals surface area (Å²) < 4.78 is 12.4. The predicted octanol–water partition coefficient (Wildman–Crippen LogP) is 4.46. The zero-order valence-electron chi connectivity index (χ0n) is 19.4. The average molecular weight is 469 g/mol. The molecule has 1 aliphatic rings. The Balaban J connectivity index is 1.36. The third kappa shape index (κ3) is 4.59. The Morgan fingerprint density at radius 3 is 2.46 bits per heavy atom. The van der Waals surface area contributed by atoms with Crippen LogP contribution in [0.4, 0.5) is 5.82 Å². The molecule has 1 aliphatic heterocycles. The Morgan fingerprint density at radius 2 is 1.71 bits per heavy atom. The summed E-state index contributed by atoms with van der Waals surface area (Å²) in [7, 11) is 0. The van der Waals surface area contributed by atoms with Crippen molar-refractivity contribution in [3.63, 3.8) is 0 Å². The first-order chi connectivity index (χ1) is 17.0. The molecule has 8 heteroatoms. The molecule has 0 bridgehead atoms. The lowest BCUT2D eigenvalue weighted by Gasteiger charge is -2.11. The number of hydrogen-bond donors (Lipinski definition) is 2. The van der Waals surface area contributed by atoms with Crippen LogP contribution in [0.2, 0.25) is 0 Å². The molecule has 2 N–H and O–H groups in total. The molecule has 176 valence electrons. The van der Waals surface area contributed by atoms with E-state index in [-0.39, 0.29) is 18.6 Å². The van der Waals surface area contributed by atoms with Crippen LogP contribution in [0.5, 0.6) is 11.5 Å². The monoisotopic (exact) mass is 468 g/mol. The largest absolute Gasteiger partial charge is 0.454 e. The Labute approximate surface area is 202 Å². The molecule has 0 unspecified atom stereocenters. The minimum atomic E-state index is -0.196. The molecule has 4 aromatic rings. The predicted molar refractivity (Wildman–Crippen MR) is 132 cm³/mol. The zero-order valence-corrected chi connectivity index (χ0v) is 19.4. The molecule has 0 saturated carbocycles. The first kappa shape index (κ1) is 22.2. The maximum Gasteiger partial charge on any atom is 0.251 e. The Bertz CT molecular complexity index is 1390. The van der Waals surface area contributed by atoms with Crippen LogP contribution in [-0.4, -0.2) is 28.4 Å². The van der Waals surface area contributed by atoms with Gasteiger partial charge in [-0.05, 0) is 54.4 Å². The fraction of sp³-hybridized carbons (Fsp3) is 0.148. The molecule has 0 radical (unpaired) electrons. The Kier molecular flexibility index (Phi) is 5.93. The van der Waals surface area contributed by atoms with Crippen molar-refractivity contribution in [1.29, 1.82) is 0 Å². The molecular formula is C27H24N4O4. The van der Waals surface area contributed by atoms with Crippen molar-refractivity contribution in [3.8, 4) is 28.3 Å². The summed E-state index contributed by atoms with van der Waals surface area (Å²) >= 11 is 0. The van der Waals surface area contributed by atoms with Gasteiger partial charge in [0, 0.05) is 24.6 Å². The van der Waals surface area contributed by atoms with E-state index in [9.17, 15) is 9.59 Å². The number of carbonyl (C=O) groups excluding carboxylic acids is 2. The minimum absolute atomic E-state index is 0.192. The van der Waals surface area contributed by atoms with E-state index in [1.165, 1.54) is 6.92 Å². The maximum absolute atomic E-state index is 12.7. The Hall–Kier alpha value is -4.59. The van der Waals surface area contributed by atoms with Crippen LogP contribution < -0.4 is 20.1 Å². The number of aryl methyl sites for hydroxylation is 1. The first-order valence-corrected chi connectivity index (χ1v) is 11.2. The Morgan fingerprint density at radius 1 is 0.971 bits per heavy atom. The molecule has 0 fully saturated rings. The van der Waals surface area contributed by atoms with E-state index >= 15 is 0 Å². The number of hydrogen-bond acceptors (Lipinski definition) is 5. The van der Waals surface area contributed by atoms with Crippen LogP contribution in [0.15, 0.2) is 72.8 Å². The van der Waals surface area contributed by atoms with E-state index in [1.54, 1.807) is 16.8 Å². The van der Waals surface area contributed by atoms with E-state index in [0.29, 0.717) is 29.4 Å². The van der Waals surface area contributed by atoms with Gasteiger partial charge in [-0.2, -0.15) is 5.10 Å². The topological polar surface area (TPSA) is 94.5 Å². The average Bonchev–Trinajstić information content (AvgIpc) is 3.46. The summed E-state index contributed by atoms with van der Waals surface area (Å²) in [6.07, 6.45) is 0. The number of amides is 2. The SMILES string of the molecule is CC(=O)Nc1c(-c2ccccc2)c(C)nn1-c1ccc(C(=O)NCc2ccc3c(c2)OCO3)cc1. The quantitative estimate of drug-likeness (QED) is 0.436. The van der Waals surface area contributed by atoms with Crippen molar-refractivity contribution in [3.05, 3.63) is 89.6 Å². The van der Waals surface area contributed by atoms with Gasteiger partial charge in [-0.15, -0.1) is 0 Å². The third-order valence-electron chi connectivity index (χ3n) is 5.68. The summed E-state index contributed by atoms with van der Waals surface area (Å²) in [6, 6.07) is 22.5. The fourth-order valence-corrected chi connectivity index (χ4v) is 4.04. The lowest BCUT2D eigenvalue weighted by molar-refractivity contribution is -0.114. The summed E-state index contributed by atoms with van der Waals surface area (Å²) in [4.78, 5) is 24.7. The second-order valence-corrected chi connectivity index (χ2v) is 8.19. The number of nitrogens with one attached hydrogen (secondary N) is 2. The summed E-state index contributed by atoms with van der Waals surface area (Å²) in [5.74, 6) is 1.58. The molecule has 0 aliphatic carbocycles. The van der Waals surface area contributed by atoms with Gasteiger partial charge < -0.3 is 20.1 Å². The number of benzene rings is 3. The summed E-state index contributed by atoms with van der Waals surface area (Å²) in [6.45, 7) is 3.95. The molecule has 0 saturated heterocycles. The maximum atomic E-state index is 12.7. The van der Waals surface area contributed by atoms with Crippen molar-refractivity contribution in [2.24, 2.45) is 0 Å². The third-order valence-corrected chi connectivity index (χ3v) is 5.68. The van der Waals surface area contributed by atoms with Crippen LogP contribution >= 0.6 is 0 Å². The second kappa shape index (κ2) is 9.34. The van der Waals surface area contributed by atoms with E-state index in [0.717, 1.165) is 28.1 Å². The van der Waals surface area contributed by atoms with Crippen LogP contribution in [-0.2, 0) is 11.3 Å². The molecule has 8 nitrogen and oxygen atoms in total. The van der Waals surface area contributed by atoms with Crippen LogP contribution in [0.25, 0.3) is 16.8 Å². The number of rotatable bonds is 6. The van der Waals surface area contributed by atoms with Crippen molar-refractivity contribution in [1.82, 2.24) is 15.1 Å². The number of fused-ring (bicyclic) bond motifs is 1. The standard InChI is InChI=1S/C27H24N4O4/c1-17-25(20-6-4-3-5-7-20)26(29-18(2)32)31(30-17)22-11-9-21(10-12-22)27(33)28-15-19-8-13-23-24(14-19)35-16-34-23/h3-14H,15-16H2,1-2H3,(H,28,33)(H,29,32). The second-order valence-electron chi connectivity index (χ2n) is 8.19. The molecule has 0 atom stereocenters. The molecule has 1 aromatic heterocycles. The van der Waals surface area contributed by atoms with Gasteiger partial charge in [0.05, 0.1) is 11.4 Å². The first-order valence-electron chi connectivity index (χ1n) is 11.2. The van der Waals surface area contributed by atoms with Gasteiger partial charge in [0.15, 0.2) is 11.5 Å². The fourth-order valence-electron chi connectivity index (χ4n) is 4.04. The van der Waals surface area contributed by atoms with E-state index in [1.807, 2.05) is 67.6 Å². The number of aromatic nitrogens is 2. The summed E-state index contributed by atoms with van der Waals surface area (Å²) in [5.41, 5.74) is 4.75. The minimum Gasteiger partial charge on any atom is -0.454 e. The normalized spacial score (nSPS) is 11.8. The molecule has 3 aromatic carbocycles. The molecule has 2 heterocycles. The lowest BCUT2D eigenvalue weighted by Crippen LogP contribution is -2.22. The van der Waals surface area contributed by atoms with Crippen LogP contribution in [0.3, 0.4) is 0 Å². The highest BCUT2D eigenvalue weighted by Crippen LogP contribution is 2.34. The molecule has 35 heavy (non-hydrogen) atoms. The summed E-state index contributed by atoms with van der Waals surface area (Å²) in [5, 5.41) is 10.5. The highest BCUT2D eigenvalue weighted by Gasteiger charge is 2.19. The van der Waals surface area contributed by atoms with Crippen molar-refractivity contribution in [2.75, 3.05) is 12.1 Å². The molecule has 0 spiro atoms. The number of nitrogens with zero attached hydrogens (tertiary/aromatic N) is 2. The van der Waals surface area contributed by atoms with Crippen LogP contribution in [0, 0.1) is 6.92 Å². The van der Waals surface area contributed by atoms with Crippen LogP contribution in [0.1, 0.15) is 28.5 Å². The van der Waals surface area contributed by atoms with Gasteiger partial charge in [0.1, 0.15) is 5.82 Å². The highest BCUT2D eigenvalue weighted by molar-refractivity contribution is 5.95.